The van der Waals surface area contributed by atoms with Crippen LogP contribution in [-0.4, -0.2) is 32.3 Å². The summed E-state index contributed by atoms with van der Waals surface area (Å²) in [5, 5.41) is 0. The third-order valence-electron chi connectivity index (χ3n) is 2.55. The molecule has 0 aromatic heterocycles. The van der Waals surface area contributed by atoms with Gasteiger partial charge in [0.25, 0.3) is 0 Å². The normalized spacial score (nSPS) is 21.6. The number of hydrogen-bond acceptors (Lipinski definition) is 2. The van der Waals surface area contributed by atoms with Crippen molar-refractivity contribution in [2.75, 3.05) is 32.3 Å². The molecule has 0 spiro atoms. The van der Waals surface area contributed by atoms with Crippen LogP contribution < -0.4 is 0 Å². The molecule has 0 saturated carbocycles. The first kappa shape index (κ1) is 12.3. The van der Waals surface area contributed by atoms with Gasteiger partial charge in [-0.15, -0.1) is 11.6 Å². The first-order valence-electron chi connectivity index (χ1n) is 5.65. The zero-order valence-electron chi connectivity index (χ0n) is 8.84. The Kier molecular flexibility index (Phi) is 7.47. The monoisotopic (exact) mass is 220 g/mol. The zero-order valence-corrected chi connectivity index (χ0v) is 9.60. The molecule has 1 aliphatic rings. The third-order valence-corrected chi connectivity index (χ3v) is 2.82. The molecular weight excluding hydrogens is 200 g/mol. The van der Waals surface area contributed by atoms with E-state index in [1.807, 2.05) is 0 Å². The van der Waals surface area contributed by atoms with Crippen LogP contribution in [0.3, 0.4) is 0 Å². The quantitative estimate of drug-likeness (QED) is 0.463. The summed E-state index contributed by atoms with van der Waals surface area (Å²) in [6.45, 7) is 3.60. The summed E-state index contributed by atoms with van der Waals surface area (Å²) >= 11 is 5.58. The van der Waals surface area contributed by atoms with Crippen molar-refractivity contribution >= 4 is 11.6 Å². The molecule has 3 heteroatoms. The highest BCUT2D eigenvalue weighted by Gasteiger charge is 2.14. The molecule has 0 aliphatic carbocycles. The Hall–Kier alpha value is 0.210. The molecule has 0 aromatic rings. The van der Waals surface area contributed by atoms with Gasteiger partial charge in [0.1, 0.15) is 0 Å². The molecule has 0 amide bonds. The molecule has 0 N–H and O–H groups in total. The smallest absolute Gasteiger partial charge is 0.0517 e. The first-order valence-corrected chi connectivity index (χ1v) is 6.18. The predicted octanol–water partition coefficient (Wildman–Crippen LogP) is 2.84. The van der Waals surface area contributed by atoms with Crippen molar-refractivity contribution < 1.29 is 9.47 Å². The largest absolute Gasteiger partial charge is 0.381 e. The second kappa shape index (κ2) is 8.51. The van der Waals surface area contributed by atoms with Gasteiger partial charge < -0.3 is 9.47 Å². The van der Waals surface area contributed by atoms with Gasteiger partial charge in [0, 0.05) is 25.0 Å². The van der Waals surface area contributed by atoms with E-state index >= 15 is 0 Å². The van der Waals surface area contributed by atoms with Gasteiger partial charge in [-0.05, 0) is 19.3 Å². The van der Waals surface area contributed by atoms with Gasteiger partial charge in [0.05, 0.1) is 13.2 Å². The highest BCUT2D eigenvalue weighted by Crippen LogP contribution is 2.12. The van der Waals surface area contributed by atoms with Gasteiger partial charge in [-0.2, -0.15) is 0 Å². The van der Waals surface area contributed by atoms with Crippen molar-refractivity contribution in [2.45, 2.75) is 32.1 Å². The maximum absolute atomic E-state index is 5.58. The Bertz CT molecular complexity index is 124. The molecule has 0 aromatic carbocycles. The summed E-state index contributed by atoms with van der Waals surface area (Å²) < 4.78 is 10.9. The second-order valence-corrected chi connectivity index (χ2v) is 4.29. The molecule has 1 unspecified atom stereocenters. The van der Waals surface area contributed by atoms with E-state index in [-0.39, 0.29) is 0 Å². The summed E-state index contributed by atoms with van der Waals surface area (Å²) in [6.07, 6.45) is 5.96. The Morgan fingerprint density at radius 1 is 1.21 bits per heavy atom. The van der Waals surface area contributed by atoms with E-state index < -0.39 is 0 Å². The zero-order chi connectivity index (χ0) is 10.1. The Labute approximate surface area is 91.9 Å². The standard InChI is InChI=1S/C11H21ClO2/c12-6-3-1-2-4-7-13-9-11-5-8-14-10-11/h11H,1-10H2. The molecule has 1 fully saturated rings. The van der Waals surface area contributed by atoms with Gasteiger partial charge >= 0.3 is 0 Å². The van der Waals surface area contributed by atoms with Crippen LogP contribution in [0, 0.1) is 5.92 Å². The minimum Gasteiger partial charge on any atom is -0.381 e. The van der Waals surface area contributed by atoms with Crippen LogP contribution >= 0.6 is 11.6 Å². The fourth-order valence-electron chi connectivity index (χ4n) is 1.62. The molecule has 0 bridgehead atoms. The van der Waals surface area contributed by atoms with Crippen molar-refractivity contribution in [3.63, 3.8) is 0 Å². The molecule has 1 saturated heterocycles. The average Bonchev–Trinajstić information content (AvgIpc) is 2.69. The van der Waals surface area contributed by atoms with Gasteiger partial charge in [-0.1, -0.05) is 12.8 Å². The number of hydrogen-bond donors (Lipinski definition) is 0. The van der Waals surface area contributed by atoms with Gasteiger partial charge in [-0.3, -0.25) is 0 Å². The van der Waals surface area contributed by atoms with Crippen molar-refractivity contribution in [1.29, 1.82) is 0 Å². The summed E-state index contributed by atoms with van der Waals surface area (Å²) in [5.41, 5.74) is 0. The average molecular weight is 221 g/mol. The number of halogens is 1. The van der Waals surface area contributed by atoms with E-state index in [4.69, 9.17) is 21.1 Å². The van der Waals surface area contributed by atoms with Crippen LogP contribution in [0.4, 0.5) is 0 Å². The lowest BCUT2D eigenvalue weighted by Crippen LogP contribution is -2.09. The number of rotatable bonds is 8. The highest BCUT2D eigenvalue weighted by atomic mass is 35.5. The van der Waals surface area contributed by atoms with Crippen LogP contribution in [0.1, 0.15) is 32.1 Å². The summed E-state index contributed by atoms with van der Waals surface area (Å²) in [7, 11) is 0. The summed E-state index contributed by atoms with van der Waals surface area (Å²) in [6, 6.07) is 0. The number of ether oxygens (including phenoxy) is 2. The maximum Gasteiger partial charge on any atom is 0.0517 e. The van der Waals surface area contributed by atoms with Crippen LogP contribution in [-0.2, 0) is 9.47 Å². The van der Waals surface area contributed by atoms with Crippen LogP contribution in [0.25, 0.3) is 0 Å². The lowest BCUT2D eigenvalue weighted by atomic mass is 10.1. The van der Waals surface area contributed by atoms with E-state index in [2.05, 4.69) is 0 Å². The predicted molar refractivity (Wildman–Crippen MR) is 58.9 cm³/mol. The molecule has 14 heavy (non-hydrogen) atoms. The number of alkyl halides is 1. The van der Waals surface area contributed by atoms with E-state index in [1.165, 1.54) is 25.7 Å². The van der Waals surface area contributed by atoms with Crippen LogP contribution in [0.5, 0.6) is 0 Å². The van der Waals surface area contributed by atoms with Gasteiger partial charge in [0.2, 0.25) is 0 Å². The molecule has 2 nitrogen and oxygen atoms in total. The second-order valence-electron chi connectivity index (χ2n) is 3.91. The van der Waals surface area contributed by atoms with Crippen molar-refractivity contribution in [1.82, 2.24) is 0 Å². The van der Waals surface area contributed by atoms with Crippen LogP contribution in [0.15, 0.2) is 0 Å². The molecule has 1 atom stereocenters. The van der Waals surface area contributed by atoms with E-state index in [0.29, 0.717) is 5.92 Å². The Morgan fingerprint density at radius 3 is 2.79 bits per heavy atom. The van der Waals surface area contributed by atoms with Crippen molar-refractivity contribution in [2.24, 2.45) is 5.92 Å². The van der Waals surface area contributed by atoms with Gasteiger partial charge in [0.15, 0.2) is 0 Å². The van der Waals surface area contributed by atoms with Crippen molar-refractivity contribution in [3.05, 3.63) is 0 Å². The van der Waals surface area contributed by atoms with E-state index in [1.54, 1.807) is 0 Å². The van der Waals surface area contributed by atoms with Gasteiger partial charge in [-0.25, -0.2) is 0 Å². The highest BCUT2D eigenvalue weighted by molar-refractivity contribution is 6.17. The third kappa shape index (κ3) is 5.84. The lowest BCUT2D eigenvalue weighted by molar-refractivity contribution is 0.0872. The summed E-state index contributed by atoms with van der Waals surface area (Å²) in [5.74, 6) is 1.44. The molecular formula is C11H21ClO2. The number of unbranched alkanes of at least 4 members (excludes halogenated alkanes) is 3. The molecule has 1 heterocycles. The van der Waals surface area contributed by atoms with E-state index in [0.717, 1.165) is 38.7 Å². The minimum absolute atomic E-state index is 0.651. The van der Waals surface area contributed by atoms with Crippen LogP contribution in [0.2, 0.25) is 0 Å². The molecule has 1 aliphatic heterocycles. The van der Waals surface area contributed by atoms with Crippen molar-refractivity contribution in [3.8, 4) is 0 Å². The lowest BCUT2D eigenvalue weighted by Gasteiger charge is -2.08. The first-order chi connectivity index (χ1) is 6.93. The van der Waals surface area contributed by atoms with E-state index in [9.17, 15) is 0 Å². The molecule has 1 rings (SSSR count). The Balaban J connectivity index is 1.75. The molecule has 0 radical (unpaired) electrons. The topological polar surface area (TPSA) is 18.5 Å². The fraction of sp³-hybridized carbons (Fsp3) is 1.00. The summed E-state index contributed by atoms with van der Waals surface area (Å²) in [4.78, 5) is 0. The molecule has 84 valence electrons. The maximum atomic E-state index is 5.58. The Morgan fingerprint density at radius 2 is 2.07 bits per heavy atom. The SMILES string of the molecule is ClCCCCCCOCC1CCOC1. The fourth-order valence-corrected chi connectivity index (χ4v) is 1.81. The minimum atomic E-state index is 0.651.